The summed E-state index contributed by atoms with van der Waals surface area (Å²) in [5.41, 5.74) is 3.26. The number of benzene rings is 3. The van der Waals surface area contributed by atoms with E-state index in [9.17, 15) is 9.59 Å². The Labute approximate surface area is 223 Å². The first-order valence-electron chi connectivity index (χ1n) is 13.5. The van der Waals surface area contributed by atoms with E-state index in [-0.39, 0.29) is 17.4 Å². The number of ether oxygens (including phenoxy) is 1. The Morgan fingerprint density at radius 2 is 1.76 bits per heavy atom. The van der Waals surface area contributed by atoms with Crippen molar-refractivity contribution in [2.45, 2.75) is 52.0 Å². The molecule has 0 N–H and O–H groups in total. The molecule has 196 valence electrons. The molecule has 0 aliphatic heterocycles. The summed E-state index contributed by atoms with van der Waals surface area (Å²) in [6.07, 6.45) is 4.72. The SMILES string of the molecule is COc1ccc(C)cc1-n1c(C(C)N(CCc2ccccc2)C(=O)C2CCCC2)nc2ccccc2c1=O. The van der Waals surface area contributed by atoms with E-state index in [0.717, 1.165) is 37.7 Å². The van der Waals surface area contributed by atoms with Crippen molar-refractivity contribution in [2.75, 3.05) is 13.7 Å². The zero-order valence-electron chi connectivity index (χ0n) is 22.4. The van der Waals surface area contributed by atoms with E-state index < -0.39 is 6.04 Å². The van der Waals surface area contributed by atoms with Crippen molar-refractivity contribution >= 4 is 16.8 Å². The van der Waals surface area contributed by atoms with Gasteiger partial charge in [0, 0.05) is 12.5 Å². The molecule has 6 nitrogen and oxygen atoms in total. The zero-order valence-corrected chi connectivity index (χ0v) is 22.4. The summed E-state index contributed by atoms with van der Waals surface area (Å²) in [6.45, 7) is 4.53. The molecule has 0 spiro atoms. The van der Waals surface area contributed by atoms with Gasteiger partial charge in [-0.15, -0.1) is 0 Å². The van der Waals surface area contributed by atoms with Gasteiger partial charge in [0.25, 0.3) is 5.56 Å². The van der Waals surface area contributed by atoms with E-state index >= 15 is 0 Å². The number of para-hydroxylation sites is 1. The van der Waals surface area contributed by atoms with Gasteiger partial charge in [0.15, 0.2) is 0 Å². The maximum atomic E-state index is 14.0. The number of rotatable bonds is 8. The third kappa shape index (κ3) is 5.08. The molecular formula is C32H35N3O3. The molecule has 5 rings (SSSR count). The lowest BCUT2D eigenvalue weighted by molar-refractivity contribution is -0.137. The molecule has 0 bridgehead atoms. The van der Waals surface area contributed by atoms with Crippen LogP contribution in [-0.2, 0) is 11.2 Å². The van der Waals surface area contributed by atoms with Crippen LogP contribution < -0.4 is 10.3 Å². The van der Waals surface area contributed by atoms with E-state index in [2.05, 4.69) is 12.1 Å². The number of fused-ring (bicyclic) bond motifs is 1. The fourth-order valence-corrected chi connectivity index (χ4v) is 5.57. The number of aryl methyl sites for hydroxylation is 1. The van der Waals surface area contributed by atoms with Crippen LogP contribution in [0.15, 0.2) is 77.6 Å². The van der Waals surface area contributed by atoms with Gasteiger partial charge < -0.3 is 9.64 Å². The maximum absolute atomic E-state index is 14.0. The highest BCUT2D eigenvalue weighted by atomic mass is 16.5. The first-order valence-corrected chi connectivity index (χ1v) is 13.5. The van der Waals surface area contributed by atoms with Gasteiger partial charge in [-0.25, -0.2) is 4.98 Å². The molecule has 1 saturated carbocycles. The number of aromatic nitrogens is 2. The summed E-state index contributed by atoms with van der Waals surface area (Å²) < 4.78 is 7.33. The fraction of sp³-hybridized carbons (Fsp3) is 0.344. The molecule has 0 saturated heterocycles. The minimum absolute atomic E-state index is 0.0161. The summed E-state index contributed by atoms with van der Waals surface area (Å²) in [7, 11) is 1.60. The van der Waals surface area contributed by atoms with Gasteiger partial charge in [-0.05, 0) is 68.5 Å². The number of hydrogen-bond donors (Lipinski definition) is 0. The molecule has 0 radical (unpaired) electrons. The van der Waals surface area contributed by atoms with Gasteiger partial charge in [-0.1, -0.05) is 61.4 Å². The predicted octanol–water partition coefficient (Wildman–Crippen LogP) is 6.03. The molecule has 1 aromatic heterocycles. The number of carbonyl (C=O) groups is 1. The van der Waals surface area contributed by atoms with Gasteiger partial charge >= 0.3 is 0 Å². The molecule has 4 aromatic rings. The molecule has 1 unspecified atom stereocenters. The minimum atomic E-state index is -0.422. The quantitative estimate of drug-likeness (QED) is 0.291. The van der Waals surface area contributed by atoms with E-state index in [1.165, 1.54) is 5.56 Å². The summed E-state index contributed by atoms with van der Waals surface area (Å²) in [4.78, 5) is 34.9. The van der Waals surface area contributed by atoms with Crippen LogP contribution in [-0.4, -0.2) is 34.0 Å². The molecule has 3 aromatic carbocycles. The van der Waals surface area contributed by atoms with Crippen molar-refractivity contribution in [1.29, 1.82) is 0 Å². The fourth-order valence-electron chi connectivity index (χ4n) is 5.57. The second-order valence-corrected chi connectivity index (χ2v) is 10.2. The summed E-state index contributed by atoms with van der Waals surface area (Å²) in [5.74, 6) is 1.29. The summed E-state index contributed by atoms with van der Waals surface area (Å²) >= 11 is 0. The standard InChI is InChI=1S/C32H35N3O3/c1-22-17-18-29(38-3)28(21-22)35-30(33-27-16-10-9-15-26(27)32(35)37)23(2)34(31(36)25-13-7-8-14-25)20-19-24-11-5-4-6-12-24/h4-6,9-12,15-18,21,23,25H,7-8,13-14,19-20H2,1-3H3. The molecule has 38 heavy (non-hydrogen) atoms. The van der Waals surface area contributed by atoms with Gasteiger partial charge in [-0.2, -0.15) is 0 Å². The highest BCUT2D eigenvalue weighted by molar-refractivity contribution is 5.80. The van der Waals surface area contributed by atoms with Crippen LogP contribution in [0, 0.1) is 12.8 Å². The van der Waals surface area contributed by atoms with E-state index in [0.29, 0.717) is 34.7 Å². The highest BCUT2D eigenvalue weighted by Crippen LogP contribution is 2.32. The van der Waals surface area contributed by atoms with Crippen molar-refractivity contribution in [3.63, 3.8) is 0 Å². The van der Waals surface area contributed by atoms with Gasteiger partial charge in [0.05, 0.1) is 29.7 Å². The molecule has 1 amide bonds. The largest absolute Gasteiger partial charge is 0.495 e. The number of methoxy groups -OCH3 is 1. The lowest BCUT2D eigenvalue weighted by Gasteiger charge is -2.33. The van der Waals surface area contributed by atoms with Gasteiger partial charge in [0.2, 0.25) is 5.91 Å². The van der Waals surface area contributed by atoms with Crippen molar-refractivity contribution in [3.8, 4) is 11.4 Å². The van der Waals surface area contributed by atoms with Crippen LogP contribution >= 0.6 is 0 Å². The Bertz CT molecular complexity index is 1490. The summed E-state index contributed by atoms with van der Waals surface area (Å²) in [6, 6.07) is 23.0. The second kappa shape index (κ2) is 11.2. The van der Waals surface area contributed by atoms with E-state index in [4.69, 9.17) is 9.72 Å². The Morgan fingerprint density at radius 3 is 2.50 bits per heavy atom. The van der Waals surface area contributed by atoms with Crippen molar-refractivity contribution in [3.05, 3.63) is 100 Å². The molecule has 1 aliphatic carbocycles. The third-order valence-electron chi connectivity index (χ3n) is 7.69. The predicted molar refractivity (Wildman–Crippen MR) is 151 cm³/mol. The van der Waals surface area contributed by atoms with Crippen LogP contribution in [0.2, 0.25) is 0 Å². The third-order valence-corrected chi connectivity index (χ3v) is 7.69. The zero-order chi connectivity index (χ0) is 26.6. The number of carbonyl (C=O) groups excluding carboxylic acids is 1. The van der Waals surface area contributed by atoms with Crippen molar-refractivity contribution in [2.24, 2.45) is 5.92 Å². The molecule has 1 heterocycles. The normalized spacial score (nSPS) is 14.5. The number of nitrogens with zero attached hydrogens (tertiary/aromatic N) is 3. The second-order valence-electron chi connectivity index (χ2n) is 10.2. The minimum Gasteiger partial charge on any atom is -0.495 e. The lowest BCUT2D eigenvalue weighted by Crippen LogP contribution is -2.41. The number of hydrogen-bond acceptors (Lipinski definition) is 4. The highest BCUT2D eigenvalue weighted by Gasteiger charge is 2.33. The monoisotopic (exact) mass is 509 g/mol. The maximum Gasteiger partial charge on any atom is 0.266 e. The Balaban J connectivity index is 1.66. The average Bonchev–Trinajstić information content (AvgIpc) is 3.49. The Hall–Kier alpha value is -3.93. The number of amides is 1. The van der Waals surface area contributed by atoms with Crippen LogP contribution in [0.25, 0.3) is 16.6 Å². The first-order chi connectivity index (χ1) is 18.5. The molecule has 1 fully saturated rings. The molecule has 1 aliphatic rings. The Morgan fingerprint density at radius 1 is 1.05 bits per heavy atom. The molecule has 1 atom stereocenters. The van der Waals surface area contributed by atoms with E-state index in [1.807, 2.05) is 73.3 Å². The van der Waals surface area contributed by atoms with Crippen LogP contribution in [0.5, 0.6) is 5.75 Å². The molecule has 6 heteroatoms. The van der Waals surface area contributed by atoms with Crippen LogP contribution in [0.1, 0.15) is 55.6 Å². The average molecular weight is 510 g/mol. The lowest BCUT2D eigenvalue weighted by atomic mass is 10.0. The molecular weight excluding hydrogens is 474 g/mol. The van der Waals surface area contributed by atoms with Gasteiger partial charge in [0.1, 0.15) is 11.6 Å². The van der Waals surface area contributed by atoms with Crippen LogP contribution in [0.3, 0.4) is 0 Å². The Kier molecular flexibility index (Phi) is 7.59. The topological polar surface area (TPSA) is 64.4 Å². The van der Waals surface area contributed by atoms with Gasteiger partial charge in [-0.3, -0.25) is 14.2 Å². The van der Waals surface area contributed by atoms with Crippen LogP contribution in [0.4, 0.5) is 0 Å². The van der Waals surface area contributed by atoms with Crippen molar-refractivity contribution in [1.82, 2.24) is 14.5 Å². The van der Waals surface area contributed by atoms with E-state index in [1.54, 1.807) is 17.7 Å². The van der Waals surface area contributed by atoms with Crippen molar-refractivity contribution < 1.29 is 9.53 Å². The first kappa shape index (κ1) is 25.7. The smallest absolute Gasteiger partial charge is 0.266 e. The summed E-state index contributed by atoms with van der Waals surface area (Å²) in [5, 5.41) is 0.532.